The molecule has 2 aromatic carbocycles. The molecule has 0 unspecified atom stereocenters. The van der Waals surface area contributed by atoms with Crippen LogP contribution in [0.15, 0.2) is 42.1 Å². The lowest BCUT2D eigenvalue weighted by molar-refractivity contribution is 0.0957. The van der Waals surface area contributed by atoms with Crippen molar-refractivity contribution in [2.75, 3.05) is 6.61 Å². The van der Waals surface area contributed by atoms with E-state index in [1.54, 1.807) is 6.07 Å². The number of nitrogens with one attached hydrogen (secondary N) is 1. The standard InChI is InChI=1S/C25H30N2O2/c1-8-29-22-11-9-10-20(18(22)4)24(28)27-23(25(5,6)7)21(15-26)19-13-16(2)12-17(3)14-19/h9-14H,8H2,1-7H3,(H,27,28)/b23-21-. The van der Waals surface area contributed by atoms with E-state index in [2.05, 4.69) is 17.5 Å². The highest BCUT2D eigenvalue weighted by atomic mass is 16.5. The Morgan fingerprint density at radius 2 is 1.72 bits per heavy atom. The Balaban J connectivity index is 2.57. The van der Waals surface area contributed by atoms with Crippen molar-refractivity contribution in [1.82, 2.24) is 5.32 Å². The van der Waals surface area contributed by atoms with Crippen LogP contribution in [-0.2, 0) is 0 Å². The van der Waals surface area contributed by atoms with Crippen molar-refractivity contribution in [3.8, 4) is 11.8 Å². The highest BCUT2D eigenvalue weighted by Gasteiger charge is 2.26. The predicted octanol–water partition coefficient (Wildman–Crippen LogP) is 5.72. The van der Waals surface area contributed by atoms with Crippen molar-refractivity contribution in [3.05, 3.63) is 69.9 Å². The molecule has 29 heavy (non-hydrogen) atoms. The minimum atomic E-state index is -0.427. The molecule has 0 radical (unpaired) electrons. The average molecular weight is 391 g/mol. The lowest BCUT2D eigenvalue weighted by Crippen LogP contribution is -2.31. The molecule has 0 heterocycles. The maximum Gasteiger partial charge on any atom is 0.255 e. The van der Waals surface area contributed by atoms with Gasteiger partial charge in [0, 0.05) is 22.2 Å². The van der Waals surface area contributed by atoms with E-state index >= 15 is 0 Å². The summed E-state index contributed by atoms with van der Waals surface area (Å²) in [6.07, 6.45) is 0. The Morgan fingerprint density at radius 3 is 2.24 bits per heavy atom. The van der Waals surface area contributed by atoms with Gasteiger partial charge in [0.05, 0.1) is 12.2 Å². The van der Waals surface area contributed by atoms with Gasteiger partial charge >= 0.3 is 0 Å². The molecule has 0 saturated carbocycles. The van der Waals surface area contributed by atoms with Gasteiger partial charge in [0.15, 0.2) is 0 Å². The summed E-state index contributed by atoms with van der Waals surface area (Å²) in [5.41, 5.74) is 4.95. The summed E-state index contributed by atoms with van der Waals surface area (Å²) in [6.45, 7) is 14.3. The van der Waals surface area contributed by atoms with Crippen LogP contribution in [0.25, 0.3) is 5.57 Å². The van der Waals surface area contributed by atoms with Crippen molar-refractivity contribution < 1.29 is 9.53 Å². The van der Waals surface area contributed by atoms with Crippen LogP contribution in [0, 0.1) is 37.5 Å². The molecule has 0 fully saturated rings. The van der Waals surface area contributed by atoms with Crippen LogP contribution in [0.5, 0.6) is 5.75 Å². The minimum absolute atomic E-state index is 0.244. The third kappa shape index (κ3) is 5.26. The zero-order valence-corrected chi connectivity index (χ0v) is 18.4. The van der Waals surface area contributed by atoms with Gasteiger partial charge in [-0.3, -0.25) is 4.79 Å². The minimum Gasteiger partial charge on any atom is -0.494 e. The maximum absolute atomic E-state index is 13.2. The fourth-order valence-corrected chi connectivity index (χ4v) is 3.36. The summed E-state index contributed by atoms with van der Waals surface area (Å²) in [5.74, 6) is 0.447. The molecule has 0 saturated heterocycles. The zero-order chi connectivity index (χ0) is 21.8. The fraction of sp³-hybridized carbons (Fsp3) is 0.360. The molecule has 152 valence electrons. The molecule has 4 heteroatoms. The number of nitrogens with zero attached hydrogens (tertiary/aromatic N) is 1. The van der Waals surface area contributed by atoms with Gasteiger partial charge in [-0.2, -0.15) is 5.26 Å². The van der Waals surface area contributed by atoms with Gasteiger partial charge in [-0.25, -0.2) is 0 Å². The highest BCUT2D eigenvalue weighted by Crippen LogP contribution is 2.32. The number of hydrogen-bond donors (Lipinski definition) is 1. The molecule has 1 amide bonds. The van der Waals surface area contributed by atoms with E-state index in [0.29, 0.717) is 29.2 Å². The van der Waals surface area contributed by atoms with Crippen molar-refractivity contribution in [2.24, 2.45) is 5.41 Å². The molecular weight excluding hydrogens is 360 g/mol. The summed E-state index contributed by atoms with van der Waals surface area (Å²) in [7, 11) is 0. The van der Waals surface area contributed by atoms with Gasteiger partial charge in [0.25, 0.3) is 5.91 Å². The number of carbonyl (C=O) groups excluding carboxylic acids is 1. The zero-order valence-electron chi connectivity index (χ0n) is 18.4. The maximum atomic E-state index is 13.2. The second-order valence-electron chi connectivity index (χ2n) is 8.30. The van der Waals surface area contributed by atoms with E-state index < -0.39 is 5.41 Å². The Bertz CT molecular complexity index is 969. The molecule has 2 rings (SSSR count). The number of amides is 1. The topological polar surface area (TPSA) is 62.1 Å². The monoisotopic (exact) mass is 390 g/mol. The van der Waals surface area contributed by atoms with Crippen LogP contribution in [0.2, 0.25) is 0 Å². The van der Waals surface area contributed by atoms with Gasteiger partial charge in [-0.15, -0.1) is 0 Å². The van der Waals surface area contributed by atoms with Crippen LogP contribution < -0.4 is 10.1 Å². The van der Waals surface area contributed by atoms with Crippen LogP contribution in [0.1, 0.15) is 60.3 Å². The van der Waals surface area contributed by atoms with Gasteiger partial charge < -0.3 is 10.1 Å². The second kappa shape index (κ2) is 8.96. The quantitative estimate of drug-likeness (QED) is 0.664. The number of nitriles is 1. The number of ether oxygens (including phenoxy) is 1. The number of rotatable bonds is 5. The summed E-state index contributed by atoms with van der Waals surface area (Å²) in [4.78, 5) is 13.2. The van der Waals surface area contributed by atoms with Gasteiger partial charge in [0.1, 0.15) is 11.8 Å². The first-order valence-corrected chi connectivity index (χ1v) is 9.85. The number of benzene rings is 2. The van der Waals surface area contributed by atoms with Crippen molar-refractivity contribution in [1.29, 1.82) is 5.26 Å². The Labute approximate surface area is 174 Å². The molecule has 4 nitrogen and oxygen atoms in total. The lowest BCUT2D eigenvalue weighted by Gasteiger charge is -2.26. The van der Waals surface area contributed by atoms with Crippen LogP contribution in [-0.4, -0.2) is 12.5 Å². The first-order chi connectivity index (χ1) is 13.6. The molecule has 0 aliphatic rings. The third-order valence-corrected chi connectivity index (χ3v) is 4.69. The summed E-state index contributed by atoms with van der Waals surface area (Å²) in [6, 6.07) is 13.8. The largest absolute Gasteiger partial charge is 0.494 e. The van der Waals surface area contributed by atoms with E-state index in [0.717, 1.165) is 22.3 Å². The van der Waals surface area contributed by atoms with E-state index in [1.165, 1.54) is 0 Å². The Hall–Kier alpha value is -3.06. The normalized spacial score (nSPS) is 12.1. The fourth-order valence-electron chi connectivity index (χ4n) is 3.36. The van der Waals surface area contributed by atoms with Gasteiger partial charge in [-0.1, -0.05) is 56.2 Å². The molecular formula is C25H30N2O2. The smallest absolute Gasteiger partial charge is 0.255 e. The first kappa shape index (κ1) is 22.2. The third-order valence-electron chi connectivity index (χ3n) is 4.69. The average Bonchev–Trinajstić information content (AvgIpc) is 2.61. The molecule has 0 aliphatic heterocycles. The van der Waals surface area contributed by atoms with Gasteiger partial charge in [0.2, 0.25) is 0 Å². The number of hydrogen-bond acceptors (Lipinski definition) is 3. The van der Waals surface area contributed by atoms with Crippen LogP contribution in [0.3, 0.4) is 0 Å². The van der Waals surface area contributed by atoms with E-state index in [1.807, 2.05) is 72.7 Å². The van der Waals surface area contributed by atoms with E-state index in [9.17, 15) is 10.1 Å². The Morgan fingerprint density at radius 1 is 1.10 bits per heavy atom. The highest BCUT2D eigenvalue weighted by molar-refractivity contribution is 5.99. The van der Waals surface area contributed by atoms with Crippen LogP contribution >= 0.6 is 0 Å². The van der Waals surface area contributed by atoms with E-state index in [4.69, 9.17) is 4.74 Å². The van der Waals surface area contributed by atoms with Gasteiger partial charge in [-0.05, 0) is 45.4 Å². The molecule has 0 aromatic heterocycles. The van der Waals surface area contributed by atoms with E-state index in [-0.39, 0.29) is 5.91 Å². The molecule has 1 N–H and O–H groups in total. The summed E-state index contributed by atoms with van der Waals surface area (Å²) < 4.78 is 5.62. The Kier molecular flexibility index (Phi) is 6.87. The van der Waals surface area contributed by atoms with Crippen molar-refractivity contribution in [3.63, 3.8) is 0 Å². The molecule has 0 aliphatic carbocycles. The van der Waals surface area contributed by atoms with Crippen LogP contribution in [0.4, 0.5) is 0 Å². The first-order valence-electron chi connectivity index (χ1n) is 9.85. The predicted molar refractivity (Wildman–Crippen MR) is 118 cm³/mol. The molecule has 0 bridgehead atoms. The molecule has 0 atom stereocenters. The molecule has 2 aromatic rings. The number of aryl methyl sites for hydroxylation is 2. The summed E-state index contributed by atoms with van der Waals surface area (Å²) >= 11 is 0. The van der Waals surface area contributed by atoms with Crippen molar-refractivity contribution in [2.45, 2.75) is 48.5 Å². The van der Waals surface area contributed by atoms with Crippen molar-refractivity contribution >= 4 is 11.5 Å². The number of allylic oxidation sites excluding steroid dienone is 2. The second-order valence-corrected chi connectivity index (χ2v) is 8.30. The lowest BCUT2D eigenvalue weighted by atomic mass is 9.86. The summed E-state index contributed by atoms with van der Waals surface area (Å²) in [5, 5.41) is 13.0. The molecule has 0 spiro atoms. The number of carbonyl (C=O) groups is 1. The SMILES string of the molecule is CCOc1cccc(C(=O)N/C(=C(/C#N)c2cc(C)cc(C)c2)C(C)(C)C)c1C.